The van der Waals surface area contributed by atoms with Crippen LogP contribution in [0.3, 0.4) is 0 Å². The van der Waals surface area contributed by atoms with Crippen LogP contribution in [0.4, 0.5) is 5.69 Å². The highest BCUT2D eigenvalue weighted by Crippen LogP contribution is 2.23. The first-order chi connectivity index (χ1) is 9.70. The lowest BCUT2D eigenvalue weighted by Gasteiger charge is -2.13. The molecule has 2 rings (SSSR count). The fourth-order valence-electron chi connectivity index (χ4n) is 2.11. The lowest BCUT2D eigenvalue weighted by atomic mass is 10.0. The van der Waals surface area contributed by atoms with Gasteiger partial charge in [0.15, 0.2) is 0 Å². The van der Waals surface area contributed by atoms with Crippen molar-refractivity contribution in [3.63, 3.8) is 0 Å². The number of aliphatic hydroxyl groups is 1. The molecule has 1 aromatic heterocycles. The first-order valence-corrected chi connectivity index (χ1v) is 7.03. The standard InChI is InChI=1S/C15H22N4O/c1-12(2)14-6-3-4-7-15(14)16-10-13-11-19(18-17-13)8-5-9-20/h3-4,6-7,11-12,16,20H,5,8-10H2,1-2H3. The average Bonchev–Trinajstić information content (AvgIpc) is 2.91. The normalized spacial score (nSPS) is 11.0. The van der Waals surface area contributed by atoms with Crippen molar-refractivity contribution in [2.45, 2.75) is 39.3 Å². The van der Waals surface area contributed by atoms with Gasteiger partial charge in [-0.25, -0.2) is 0 Å². The fourth-order valence-corrected chi connectivity index (χ4v) is 2.11. The van der Waals surface area contributed by atoms with Gasteiger partial charge in [-0.15, -0.1) is 5.10 Å². The van der Waals surface area contributed by atoms with Crippen molar-refractivity contribution in [2.75, 3.05) is 11.9 Å². The minimum atomic E-state index is 0.176. The lowest BCUT2D eigenvalue weighted by Crippen LogP contribution is -2.03. The quantitative estimate of drug-likeness (QED) is 0.814. The van der Waals surface area contributed by atoms with Crippen LogP contribution in [0.1, 0.15) is 37.4 Å². The summed E-state index contributed by atoms with van der Waals surface area (Å²) in [6.07, 6.45) is 2.62. The molecule has 0 unspecified atom stereocenters. The van der Waals surface area contributed by atoms with E-state index < -0.39 is 0 Å². The number of hydrogen-bond donors (Lipinski definition) is 2. The molecule has 108 valence electrons. The topological polar surface area (TPSA) is 63.0 Å². The summed E-state index contributed by atoms with van der Waals surface area (Å²) in [6, 6.07) is 8.33. The number of para-hydroxylation sites is 1. The van der Waals surface area contributed by atoms with E-state index in [1.807, 2.05) is 12.3 Å². The van der Waals surface area contributed by atoms with E-state index in [1.54, 1.807) is 4.68 Å². The van der Waals surface area contributed by atoms with Crippen LogP contribution >= 0.6 is 0 Å². The third kappa shape index (κ3) is 3.81. The molecule has 0 spiro atoms. The van der Waals surface area contributed by atoms with Crippen LogP contribution in [-0.4, -0.2) is 26.7 Å². The van der Waals surface area contributed by atoms with Gasteiger partial charge in [-0.1, -0.05) is 37.3 Å². The van der Waals surface area contributed by atoms with Crippen molar-refractivity contribution >= 4 is 5.69 Å². The predicted molar refractivity (Wildman–Crippen MR) is 79.6 cm³/mol. The zero-order valence-corrected chi connectivity index (χ0v) is 12.1. The molecule has 0 saturated carbocycles. The Morgan fingerprint density at radius 1 is 1.30 bits per heavy atom. The monoisotopic (exact) mass is 274 g/mol. The van der Waals surface area contributed by atoms with E-state index in [2.05, 4.69) is 47.7 Å². The molecule has 5 nitrogen and oxygen atoms in total. The van der Waals surface area contributed by atoms with E-state index in [1.165, 1.54) is 5.56 Å². The molecule has 0 aliphatic carbocycles. The molecule has 1 heterocycles. The minimum absolute atomic E-state index is 0.176. The van der Waals surface area contributed by atoms with Gasteiger partial charge < -0.3 is 10.4 Å². The van der Waals surface area contributed by atoms with Crippen LogP contribution in [0.2, 0.25) is 0 Å². The van der Waals surface area contributed by atoms with Gasteiger partial charge in [-0.3, -0.25) is 4.68 Å². The summed E-state index contributed by atoms with van der Waals surface area (Å²) in [5.41, 5.74) is 3.36. The van der Waals surface area contributed by atoms with E-state index in [4.69, 9.17) is 5.11 Å². The Balaban J connectivity index is 1.96. The molecule has 0 aliphatic rings. The van der Waals surface area contributed by atoms with Gasteiger partial charge in [0, 0.05) is 18.8 Å². The highest BCUT2D eigenvalue weighted by atomic mass is 16.3. The van der Waals surface area contributed by atoms with Crippen molar-refractivity contribution < 1.29 is 5.11 Å². The Morgan fingerprint density at radius 2 is 2.10 bits per heavy atom. The Hall–Kier alpha value is -1.88. The summed E-state index contributed by atoms with van der Waals surface area (Å²) in [4.78, 5) is 0. The minimum Gasteiger partial charge on any atom is -0.396 e. The van der Waals surface area contributed by atoms with Crippen molar-refractivity contribution in [2.24, 2.45) is 0 Å². The second kappa shape index (κ2) is 7.05. The smallest absolute Gasteiger partial charge is 0.102 e. The molecule has 0 aliphatic heterocycles. The number of nitrogens with one attached hydrogen (secondary N) is 1. The number of benzene rings is 1. The summed E-state index contributed by atoms with van der Waals surface area (Å²) < 4.78 is 1.77. The molecule has 0 saturated heterocycles. The molecule has 0 bridgehead atoms. The van der Waals surface area contributed by atoms with Crippen LogP contribution in [0, 0.1) is 0 Å². The molecule has 20 heavy (non-hydrogen) atoms. The van der Waals surface area contributed by atoms with E-state index in [9.17, 15) is 0 Å². The third-order valence-electron chi connectivity index (χ3n) is 3.17. The lowest BCUT2D eigenvalue weighted by molar-refractivity contribution is 0.276. The molecule has 2 aromatic rings. The Kier molecular flexibility index (Phi) is 5.12. The van der Waals surface area contributed by atoms with Gasteiger partial charge in [0.25, 0.3) is 0 Å². The summed E-state index contributed by atoms with van der Waals surface area (Å²) in [5.74, 6) is 0.485. The van der Waals surface area contributed by atoms with E-state index >= 15 is 0 Å². The maximum absolute atomic E-state index is 8.80. The summed E-state index contributed by atoms with van der Waals surface area (Å²) in [7, 11) is 0. The summed E-state index contributed by atoms with van der Waals surface area (Å²) >= 11 is 0. The van der Waals surface area contributed by atoms with E-state index in [0.29, 0.717) is 25.4 Å². The molecule has 0 fully saturated rings. The van der Waals surface area contributed by atoms with Crippen LogP contribution in [0.5, 0.6) is 0 Å². The van der Waals surface area contributed by atoms with Crippen molar-refractivity contribution in [1.82, 2.24) is 15.0 Å². The Morgan fingerprint density at radius 3 is 2.85 bits per heavy atom. The summed E-state index contributed by atoms with van der Waals surface area (Å²) in [6.45, 7) is 5.90. The number of rotatable bonds is 7. The molecule has 0 radical (unpaired) electrons. The van der Waals surface area contributed by atoms with E-state index in [-0.39, 0.29) is 6.61 Å². The number of nitrogens with zero attached hydrogens (tertiary/aromatic N) is 3. The van der Waals surface area contributed by atoms with Crippen LogP contribution < -0.4 is 5.32 Å². The molecule has 5 heteroatoms. The first-order valence-electron chi connectivity index (χ1n) is 7.03. The van der Waals surface area contributed by atoms with Gasteiger partial charge >= 0.3 is 0 Å². The average molecular weight is 274 g/mol. The molecular formula is C15H22N4O. The molecule has 2 N–H and O–H groups in total. The maximum Gasteiger partial charge on any atom is 0.102 e. The van der Waals surface area contributed by atoms with Crippen LogP contribution in [-0.2, 0) is 13.1 Å². The van der Waals surface area contributed by atoms with Gasteiger partial charge in [0.1, 0.15) is 5.69 Å². The zero-order valence-electron chi connectivity index (χ0n) is 12.1. The fraction of sp³-hybridized carbons (Fsp3) is 0.467. The second-order valence-corrected chi connectivity index (χ2v) is 5.15. The largest absolute Gasteiger partial charge is 0.396 e. The molecule has 0 atom stereocenters. The van der Waals surface area contributed by atoms with Crippen LogP contribution in [0.15, 0.2) is 30.5 Å². The Labute approximate surface area is 119 Å². The number of anilines is 1. The number of aliphatic hydroxyl groups excluding tert-OH is 1. The molecular weight excluding hydrogens is 252 g/mol. The molecule has 0 amide bonds. The number of aromatic nitrogens is 3. The SMILES string of the molecule is CC(C)c1ccccc1NCc1cn(CCCO)nn1. The van der Waals surface area contributed by atoms with Crippen molar-refractivity contribution in [3.05, 3.63) is 41.7 Å². The zero-order chi connectivity index (χ0) is 14.4. The second-order valence-electron chi connectivity index (χ2n) is 5.15. The number of hydrogen-bond acceptors (Lipinski definition) is 4. The van der Waals surface area contributed by atoms with Gasteiger partial charge in [0.05, 0.1) is 12.7 Å². The maximum atomic E-state index is 8.80. The highest BCUT2D eigenvalue weighted by Gasteiger charge is 2.06. The van der Waals surface area contributed by atoms with Crippen molar-refractivity contribution in [1.29, 1.82) is 0 Å². The third-order valence-corrected chi connectivity index (χ3v) is 3.17. The first kappa shape index (κ1) is 14.5. The van der Waals surface area contributed by atoms with Crippen LogP contribution in [0.25, 0.3) is 0 Å². The molecule has 1 aromatic carbocycles. The predicted octanol–water partition coefficient (Wildman–Crippen LogP) is 2.40. The summed E-state index contributed by atoms with van der Waals surface area (Å²) in [5, 5.41) is 20.4. The van der Waals surface area contributed by atoms with E-state index in [0.717, 1.165) is 11.4 Å². The van der Waals surface area contributed by atoms with Crippen molar-refractivity contribution in [3.8, 4) is 0 Å². The van der Waals surface area contributed by atoms with Gasteiger partial charge in [-0.05, 0) is 24.0 Å². The number of aryl methyl sites for hydroxylation is 1. The van der Waals surface area contributed by atoms with Gasteiger partial charge in [-0.2, -0.15) is 0 Å². The Bertz CT molecular complexity index is 536. The van der Waals surface area contributed by atoms with Gasteiger partial charge in [0.2, 0.25) is 0 Å². The highest BCUT2D eigenvalue weighted by molar-refractivity contribution is 5.52.